The molecule has 0 spiro atoms. The third-order valence-electron chi connectivity index (χ3n) is 3.09. The molecule has 0 aromatic carbocycles. The largest absolute Gasteiger partial charge is 0.474 e. The average Bonchev–Trinajstić information content (AvgIpc) is 2.40. The van der Waals surface area contributed by atoms with Gasteiger partial charge in [-0.15, -0.1) is 0 Å². The van der Waals surface area contributed by atoms with Crippen LogP contribution in [0.2, 0.25) is 0 Å². The molecule has 2 rings (SSSR count). The highest BCUT2D eigenvalue weighted by Crippen LogP contribution is 2.21. The van der Waals surface area contributed by atoms with E-state index >= 15 is 0 Å². The van der Waals surface area contributed by atoms with Gasteiger partial charge < -0.3 is 4.74 Å². The Morgan fingerprint density at radius 3 is 2.55 bits per heavy atom. The molecule has 20 heavy (non-hydrogen) atoms. The number of halogens is 3. The number of pyridine rings is 1. The van der Waals surface area contributed by atoms with Gasteiger partial charge in [-0.1, -0.05) is 0 Å². The van der Waals surface area contributed by atoms with Crippen molar-refractivity contribution in [3.05, 3.63) is 23.9 Å². The van der Waals surface area contributed by atoms with Gasteiger partial charge in [0.15, 0.2) is 0 Å². The van der Waals surface area contributed by atoms with E-state index in [9.17, 15) is 13.2 Å². The highest BCUT2D eigenvalue weighted by atomic mass is 19.4. The molecule has 1 fully saturated rings. The lowest BCUT2D eigenvalue weighted by Crippen LogP contribution is -2.42. The van der Waals surface area contributed by atoms with E-state index in [1.807, 2.05) is 6.07 Å². The van der Waals surface area contributed by atoms with Crippen LogP contribution in [0.15, 0.2) is 18.3 Å². The summed E-state index contributed by atoms with van der Waals surface area (Å²) in [5.41, 5.74) is 0.442. The van der Waals surface area contributed by atoms with Crippen molar-refractivity contribution in [1.82, 2.24) is 9.88 Å². The van der Waals surface area contributed by atoms with E-state index in [-0.39, 0.29) is 6.10 Å². The molecule has 7 heteroatoms. The van der Waals surface area contributed by atoms with Crippen LogP contribution in [0.3, 0.4) is 0 Å². The predicted molar refractivity (Wildman–Crippen MR) is 65.1 cm³/mol. The number of nitriles is 1. The lowest BCUT2D eigenvalue weighted by Gasteiger charge is -2.32. The predicted octanol–water partition coefficient (Wildman–Crippen LogP) is 2.36. The third-order valence-corrected chi connectivity index (χ3v) is 3.09. The second-order valence-electron chi connectivity index (χ2n) is 4.71. The van der Waals surface area contributed by atoms with Crippen molar-refractivity contribution in [2.45, 2.75) is 25.1 Å². The van der Waals surface area contributed by atoms with Crippen molar-refractivity contribution in [2.24, 2.45) is 0 Å². The molecule has 0 radical (unpaired) electrons. The zero-order chi connectivity index (χ0) is 14.6. The minimum atomic E-state index is -4.15. The van der Waals surface area contributed by atoms with Crippen LogP contribution >= 0.6 is 0 Å². The molecule has 0 atom stereocenters. The first-order valence-corrected chi connectivity index (χ1v) is 6.28. The Bertz CT molecular complexity index is 473. The number of nitrogens with zero attached hydrogens (tertiary/aromatic N) is 3. The van der Waals surface area contributed by atoms with Crippen molar-refractivity contribution in [3.63, 3.8) is 0 Å². The maximum absolute atomic E-state index is 12.2. The summed E-state index contributed by atoms with van der Waals surface area (Å²) in [4.78, 5) is 5.36. The van der Waals surface area contributed by atoms with Crippen molar-refractivity contribution < 1.29 is 17.9 Å². The number of likely N-dealkylation sites (tertiary alicyclic amines) is 1. The van der Waals surface area contributed by atoms with E-state index in [0.29, 0.717) is 37.4 Å². The summed E-state index contributed by atoms with van der Waals surface area (Å²) < 4.78 is 42.3. The Kier molecular flexibility index (Phi) is 4.45. The molecule has 0 amide bonds. The first kappa shape index (κ1) is 14.6. The van der Waals surface area contributed by atoms with Crippen LogP contribution in [-0.4, -0.2) is 41.8 Å². The van der Waals surface area contributed by atoms with Gasteiger partial charge in [-0.2, -0.15) is 18.4 Å². The quantitative estimate of drug-likeness (QED) is 0.855. The number of hydrogen-bond donors (Lipinski definition) is 0. The fraction of sp³-hybridized carbons (Fsp3) is 0.538. The van der Waals surface area contributed by atoms with Gasteiger partial charge in [0.1, 0.15) is 12.2 Å². The van der Waals surface area contributed by atoms with Crippen LogP contribution in [0, 0.1) is 11.3 Å². The van der Waals surface area contributed by atoms with Crippen LogP contribution in [0.25, 0.3) is 0 Å². The minimum absolute atomic E-state index is 0.125. The molecule has 0 N–H and O–H groups in total. The highest BCUT2D eigenvalue weighted by Gasteiger charge is 2.32. The minimum Gasteiger partial charge on any atom is -0.474 e. The Labute approximate surface area is 114 Å². The number of rotatable bonds is 3. The summed E-state index contributed by atoms with van der Waals surface area (Å²) >= 11 is 0. The van der Waals surface area contributed by atoms with Crippen LogP contribution in [0.4, 0.5) is 13.2 Å². The number of ether oxygens (including phenoxy) is 1. The van der Waals surface area contributed by atoms with Crippen LogP contribution in [0.5, 0.6) is 5.88 Å². The monoisotopic (exact) mass is 285 g/mol. The average molecular weight is 285 g/mol. The van der Waals surface area contributed by atoms with Crippen LogP contribution in [0.1, 0.15) is 18.4 Å². The Hall–Kier alpha value is -1.81. The van der Waals surface area contributed by atoms with E-state index < -0.39 is 12.7 Å². The summed E-state index contributed by atoms with van der Waals surface area (Å²) in [5, 5.41) is 8.64. The van der Waals surface area contributed by atoms with E-state index in [0.717, 1.165) is 0 Å². The molecule has 1 aromatic heterocycles. The maximum atomic E-state index is 12.2. The number of piperidine rings is 1. The molecule has 1 aliphatic heterocycles. The van der Waals surface area contributed by atoms with Gasteiger partial charge >= 0.3 is 6.18 Å². The van der Waals surface area contributed by atoms with E-state index in [1.54, 1.807) is 12.1 Å². The zero-order valence-electron chi connectivity index (χ0n) is 10.7. The highest BCUT2D eigenvalue weighted by molar-refractivity contribution is 5.28. The molecule has 4 nitrogen and oxygen atoms in total. The summed E-state index contributed by atoms with van der Waals surface area (Å²) in [6, 6.07) is 5.15. The summed E-state index contributed by atoms with van der Waals surface area (Å²) in [5.74, 6) is 0.401. The molecule has 0 bridgehead atoms. The lowest BCUT2D eigenvalue weighted by molar-refractivity contribution is -0.149. The molecular formula is C13H14F3N3O. The Balaban J connectivity index is 1.80. The normalized spacial score (nSPS) is 17.7. The van der Waals surface area contributed by atoms with Crippen molar-refractivity contribution >= 4 is 0 Å². The molecule has 108 valence electrons. The first-order chi connectivity index (χ1) is 9.46. The fourth-order valence-electron chi connectivity index (χ4n) is 2.13. The van der Waals surface area contributed by atoms with Crippen LogP contribution < -0.4 is 4.74 Å². The third kappa shape index (κ3) is 4.38. The van der Waals surface area contributed by atoms with Gasteiger partial charge in [0.05, 0.1) is 12.1 Å². The number of alkyl halides is 3. The molecular weight excluding hydrogens is 271 g/mol. The second kappa shape index (κ2) is 6.09. The van der Waals surface area contributed by atoms with Crippen LogP contribution in [-0.2, 0) is 0 Å². The van der Waals surface area contributed by atoms with Gasteiger partial charge in [-0.05, 0) is 18.9 Å². The summed E-state index contributed by atoms with van der Waals surface area (Å²) in [7, 11) is 0. The molecule has 0 unspecified atom stereocenters. The number of aromatic nitrogens is 1. The van der Waals surface area contributed by atoms with E-state index in [1.165, 1.54) is 11.1 Å². The maximum Gasteiger partial charge on any atom is 0.401 e. The van der Waals surface area contributed by atoms with E-state index in [2.05, 4.69) is 4.98 Å². The standard InChI is InChI=1S/C13H14F3N3O/c14-13(15,16)9-19-5-3-11(4-6-19)20-12-2-1-10(7-17)8-18-12/h1-2,8,11H,3-6,9H2. The molecule has 0 saturated carbocycles. The molecule has 0 aliphatic carbocycles. The Morgan fingerprint density at radius 1 is 1.35 bits per heavy atom. The smallest absolute Gasteiger partial charge is 0.401 e. The fourth-order valence-corrected chi connectivity index (χ4v) is 2.13. The molecule has 1 aromatic rings. The van der Waals surface area contributed by atoms with Gasteiger partial charge in [-0.25, -0.2) is 4.98 Å². The number of hydrogen-bond acceptors (Lipinski definition) is 4. The van der Waals surface area contributed by atoms with Gasteiger partial charge in [-0.3, -0.25) is 4.90 Å². The van der Waals surface area contributed by atoms with Gasteiger partial charge in [0.25, 0.3) is 0 Å². The van der Waals surface area contributed by atoms with Gasteiger partial charge in [0, 0.05) is 25.4 Å². The molecule has 2 heterocycles. The summed E-state index contributed by atoms with van der Waals surface area (Å²) in [6.45, 7) is -0.143. The SMILES string of the molecule is N#Cc1ccc(OC2CCN(CC(F)(F)F)CC2)nc1. The molecule has 1 aliphatic rings. The second-order valence-corrected chi connectivity index (χ2v) is 4.71. The van der Waals surface area contributed by atoms with Crippen molar-refractivity contribution in [2.75, 3.05) is 19.6 Å². The van der Waals surface area contributed by atoms with Crippen molar-refractivity contribution in [1.29, 1.82) is 5.26 Å². The lowest BCUT2D eigenvalue weighted by atomic mass is 10.1. The van der Waals surface area contributed by atoms with Gasteiger partial charge in [0.2, 0.25) is 5.88 Å². The van der Waals surface area contributed by atoms with Crippen molar-refractivity contribution in [3.8, 4) is 11.9 Å². The van der Waals surface area contributed by atoms with E-state index in [4.69, 9.17) is 10.00 Å². The first-order valence-electron chi connectivity index (χ1n) is 6.28. The summed E-state index contributed by atoms with van der Waals surface area (Å²) in [6.07, 6.45) is -1.79. The topological polar surface area (TPSA) is 49.1 Å². The Morgan fingerprint density at radius 2 is 2.05 bits per heavy atom. The molecule has 1 saturated heterocycles. The zero-order valence-corrected chi connectivity index (χ0v) is 10.7.